The van der Waals surface area contributed by atoms with Crippen molar-refractivity contribution >= 4 is 17.3 Å². The van der Waals surface area contributed by atoms with Gasteiger partial charge in [-0.05, 0) is 24.5 Å². The average molecular weight is 212 g/mol. The van der Waals surface area contributed by atoms with Gasteiger partial charge in [0.15, 0.2) is 0 Å². The van der Waals surface area contributed by atoms with Crippen LogP contribution in [0.4, 0.5) is 5.69 Å². The molecule has 0 radical (unpaired) electrons. The van der Waals surface area contributed by atoms with Gasteiger partial charge < -0.3 is 10.5 Å². The van der Waals surface area contributed by atoms with Crippen molar-refractivity contribution in [2.45, 2.75) is 19.3 Å². The number of halogens is 1. The monoisotopic (exact) mass is 211 g/mol. The Labute approximate surface area is 89.0 Å². The van der Waals surface area contributed by atoms with Gasteiger partial charge >= 0.3 is 0 Å². The summed E-state index contributed by atoms with van der Waals surface area (Å²) in [5.74, 6) is 1.59. The predicted molar refractivity (Wildman–Crippen MR) is 58.7 cm³/mol. The molecule has 76 valence electrons. The summed E-state index contributed by atoms with van der Waals surface area (Å²) < 4.78 is 5.56. The second kappa shape index (κ2) is 4.09. The summed E-state index contributed by atoms with van der Waals surface area (Å²) >= 11 is 5.84. The molecule has 1 fully saturated rings. The van der Waals surface area contributed by atoms with E-state index in [1.165, 1.54) is 12.8 Å². The zero-order chi connectivity index (χ0) is 9.97. The molecule has 1 aromatic carbocycles. The molecular formula is C11H14ClNO. The largest absolute Gasteiger partial charge is 0.491 e. The van der Waals surface area contributed by atoms with Gasteiger partial charge in [-0.15, -0.1) is 0 Å². The van der Waals surface area contributed by atoms with E-state index < -0.39 is 0 Å². The third-order valence-electron chi connectivity index (χ3n) is 2.46. The van der Waals surface area contributed by atoms with Gasteiger partial charge in [-0.25, -0.2) is 0 Å². The topological polar surface area (TPSA) is 35.2 Å². The standard InChI is InChI=1S/C11H14ClNO/c12-9-3-4-10(13)11(7-9)14-6-5-8-1-2-8/h3-4,7-8H,1-2,5-6,13H2. The van der Waals surface area contributed by atoms with Crippen LogP contribution in [0.1, 0.15) is 19.3 Å². The van der Waals surface area contributed by atoms with Crippen molar-refractivity contribution in [2.24, 2.45) is 5.92 Å². The Balaban J connectivity index is 1.89. The first-order valence-corrected chi connectivity index (χ1v) is 5.31. The first-order chi connectivity index (χ1) is 6.75. The van der Waals surface area contributed by atoms with E-state index in [1.807, 2.05) is 0 Å². The van der Waals surface area contributed by atoms with E-state index in [0.29, 0.717) is 16.5 Å². The molecule has 0 bridgehead atoms. The molecular weight excluding hydrogens is 198 g/mol. The highest BCUT2D eigenvalue weighted by molar-refractivity contribution is 6.30. The van der Waals surface area contributed by atoms with Crippen LogP contribution in [0.25, 0.3) is 0 Å². The lowest BCUT2D eigenvalue weighted by Gasteiger charge is -2.08. The van der Waals surface area contributed by atoms with Crippen molar-refractivity contribution in [3.63, 3.8) is 0 Å². The molecule has 2 nitrogen and oxygen atoms in total. The fraction of sp³-hybridized carbons (Fsp3) is 0.455. The summed E-state index contributed by atoms with van der Waals surface area (Å²) in [6.45, 7) is 0.745. The van der Waals surface area contributed by atoms with Crippen LogP contribution in [0.15, 0.2) is 18.2 Å². The second-order valence-electron chi connectivity index (χ2n) is 3.76. The van der Waals surface area contributed by atoms with Gasteiger partial charge in [-0.2, -0.15) is 0 Å². The molecule has 1 aliphatic carbocycles. The highest BCUT2D eigenvalue weighted by Crippen LogP contribution is 2.33. The molecule has 0 unspecified atom stereocenters. The summed E-state index contributed by atoms with van der Waals surface area (Å²) in [5, 5.41) is 0.667. The van der Waals surface area contributed by atoms with Gasteiger partial charge in [0.05, 0.1) is 12.3 Å². The summed E-state index contributed by atoms with van der Waals surface area (Å²) in [7, 11) is 0. The Morgan fingerprint density at radius 2 is 2.21 bits per heavy atom. The molecule has 0 heterocycles. The summed E-state index contributed by atoms with van der Waals surface area (Å²) in [5.41, 5.74) is 6.40. The lowest BCUT2D eigenvalue weighted by atomic mass is 10.3. The Kier molecular flexibility index (Phi) is 2.82. The number of anilines is 1. The van der Waals surface area contributed by atoms with Gasteiger partial charge in [0, 0.05) is 11.1 Å². The maximum absolute atomic E-state index is 5.84. The third kappa shape index (κ3) is 2.55. The predicted octanol–water partition coefficient (Wildman–Crippen LogP) is 3.10. The van der Waals surface area contributed by atoms with E-state index in [4.69, 9.17) is 22.1 Å². The lowest BCUT2D eigenvalue weighted by Crippen LogP contribution is -2.00. The zero-order valence-electron chi connectivity index (χ0n) is 8.00. The minimum atomic E-state index is 0.658. The van der Waals surface area contributed by atoms with E-state index in [2.05, 4.69) is 0 Å². The fourth-order valence-corrected chi connectivity index (χ4v) is 1.54. The van der Waals surface area contributed by atoms with Crippen molar-refractivity contribution < 1.29 is 4.74 Å². The number of nitrogen functional groups attached to an aromatic ring is 1. The number of benzene rings is 1. The van der Waals surface area contributed by atoms with Crippen LogP contribution in [-0.2, 0) is 0 Å². The fourth-order valence-electron chi connectivity index (χ4n) is 1.38. The van der Waals surface area contributed by atoms with Crippen LogP contribution in [0.3, 0.4) is 0 Å². The van der Waals surface area contributed by atoms with E-state index in [-0.39, 0.29) is 0 Å². The van der Waals surface area contributed by atoms with Crippen molar-refractivity contribution in [3.8, 4) is 5.75 Å². The van der Waals surface area contributed by atoms with Gasteiger partial charge in [0.2, 0.25) is 0 Å². The SMILES string of the molecule is Nc1ccc(Cl)cc1OCCC1CC1. The smallest absolute Gasteiger partial charge is 0.143 e. The molecule has 0 spiro atoms. The lowest BCUT2D eigenvalue weighted by molar-refractivity contribution is 0.304. The Morgan fingerprint density at radius 1 is 1.43 bits per heavy atom. The quantitative estimate of drug-likeness (QED) is 0.777. The molecule has 3 heteroatoms. The highest BCUT2D eigenvalue weighted by Gasteiger charge is 2.20. The van der Waals surface area contributed by atoms with Crippen LogP contribution in [-0.4, -0.2) is 6.61 Å². The summed E-state index contributed by atoms with van der Waals surface area (Å²) in [4.78, 5) is 0. The molecule has 1 aromatic rings. The molecule has 0 aliphatic heterocycles. The third-order valence-corrected chi connectivity index (χ3v) is 2.69. The maximum Gasteiger partial charge on any atom is 0.143 e. The van der Waals surface area contributed by atoms with Gasteiger partial charge in [-0.3, -0.25) is 0 Å². The summed E-state index contributed by atoms with van der Waals surface area (Å²) in [6, 6.07) is 5.31. The second-order valence-corrected chi connectivity index (χ2v) is 4.20. The van der Waals surface area contributed by atoms with Gasteiger partial charge in [0.25, 0.3) is 0 Å². The minimum Gasteiger partial charge on any atom is -0.491 e. The number of ether oxygens (including phenoxy) is 1. The van der Waals surface area contributed by atoms with Crippen molar-refractivity contribution in [1.29, 1.82) is 0 Å². The van der Waals surface area contributed by atoms with Crippen LogP contribution in [0.5, 0.6) is 5.75 Å². The first kappa shape index (κ1) is 9.66. The molecule has 1 saturated carbocycles. The van der Waals surface area contributed by atoms with Gasteiger partial charge in [-0.1, -0.05) is 24.4 Å². The first-order valence-electron chi connectivity index (χ1n) is 4.93. The Morgan fingerprint density at radius 3 is 2.93 bits per heavy atom. The Bertz CT molecular complexity index is 323. The molecule has 0 amide bonds. The van der Waals surface area contributed by atoms with Crippen molar-refractivity contribution in [2.75, 3.05) is 12.3 Å². The van der Waals surface area contributed by atoms with Crippen molar-refractivity contribution in [1.82, 2.24) is 0 Å². The maximum atomic E-state index is 5.84. The minimum absolute atomic E-state index is 0.658. The number of hydrogen-bond donors (Lipinski definition) is 1. The molecule has 2 N–H and O–H groups in total. The highest BCUT2D eigenvalue weighted by atomic mass is 35.5. The number of rotatable bonds is 4. The molecule has 0 aromatic heterocycles. The van der Waals surface area contributed by atoms with Crippen LogP contribution in [0.2, 0.25) is 5.02 Å². The average Bonchev–Trinajstić information content (AvgIpc) is 2.95. The molecule has 1 aliphatic rings. The van der Waals surface area contributed by atoms with E-state index >= 15 is 0 Å². The van der Waals surface area contributed by atoms with Crippen molar-refractivity contribution in [3.05, 3.63) is 23.2 Å². The van der Waals surface area contributed by atoms with E-state index in [0.717, 1.165) is 18.9 Å². The molecule has 0 saturated heterocycles. The zero-order valence-corrected chi connectivity index (χ0v) is 8.76. The summed E-state index contributed by atoms with van der Waals surface area (Å²) in [6.07, 6.45) is 3.84. The van der Waals surface area contributed by atoms with Crippen LogP contribution < -0.4 is 10.5 Å². The molecule has 2 rings (SSSR count). The number of nitrogens with two attached hydrogens (primary N) is 1. The van der Waals surface area contributed by atoms with E-state index in [9.17, 15) is 0 Å². The molecule has 14 heavy (non-hydrogen) atoms. The normalized spacial score (nSPS) is 15.5. The van der Waals surface area contributed by atoms with Gasteiger partial charge in [0.1, 0.15) is 5.75 Å². The van der Waals surface area contributed by atoms with E-state index in [1.54, 1.807) is 18.2 Å². The molecule has 0 atom stereocenters. The Hall–Kier alpha value is -0.890. The van der Waals surface area contributed by atoms with Crippen LogP contribution >= 0.6 is 11.6 Å². The number of hydrogen-bond acceptors (Lipinski definition) is 2. The van der Waals surface area contributed by atoms with Crippen LogP contribution in [0, 0.1) is 5.92 Å².